The third kappa shape index (κ3) is 6.08. The Kier molecular flexibility index (Phi) is 9.50. The van der Waals surface area contributed by atoms with E-state index in [4.69, 9.17) is 0 Å². The zero-order chi connectivity index (χ0) is 17.1. The molecule has 0 spiro atoms. The van der Waals surface area contributed by atoms with Gasteiger partial charge in [0.1, 0.15) is 6.33 Å². The lowest BCUT2D eigenvalue weighted by Crippen LogP contribution is -2.00. The number of aromatic hydroxyl groups is 1. The molecule has 0 atom stereocenters. The Morgan fingerprint density at radius 2 is 1.59 bits per heavy atom. The van der Waals surface area contributed by atoms with Gasteiger partial charge in [0.25, 0.3) is 0 Å². The van der Waals surface area contributed by atoms with Crippen molar-refractivity contribution in [3.05, 3.63) is 35.5 Å². The van der Waals surface area contributed by atoms with Crippen LogP contribution in [-0.4, -0.2) is 20.1 Å². The first-order valence-corrected chi connectivity index (χ1v) is 7.71. The summed E-state index contributed by atoms with van der Waals surface area (Å²) in [6.07, 6.45) is 2.66. The molecule has 0 aromatic carbocycles. The zero-order valence-electron chi connectivity index (χ0n) is 14.7. The van der Waals surface area contributed by atoms with E-state index in [1.807, 2.05) is 39.8 Å². The smallest absolute Gasteiger partial charge is 0.180 e. The summed E-state index contributed by atoms with van der Waals surface area (Å²) < 4.78 is 0. The van der Waals surface area contributed by atoms with E-state index < -0.39 is 0 Å². The highest BCUT2D eigenvalue weighted by Gasteiger charge is 2.08. The van der Waals surface area contributed by atoms with Crippen LogP contribution in [0.2, 0.25) is 0 Å². The van der Waals surface area contributed by atoms with Crippen LogP contribution in [-0.2, 0) is 0 Å². The Hall–Kier alpha value is -2.17. The van der Waals surface area contributed by atoms with Gasteiger partial charge in [0.05, 0.1) is 17.1 Å². The van der Waals surface area contributed by atoms with Crippen molar-refractivity contribution in [2.75, 3.05) is 5.32 Å². The van der Waals surface area contributed by atoms with E-state index in [0.717, 1.165) is 17.1 Å². The topological polar surface area (TPSA) is 70.9 Å². The molecule has 0 saturated heterocycles. The van der Waals surface area contributed by atoms with E-state index >= 15 is 0 Å². The Morgan fingerprint density at radius 1 is 1.00 bits per heavy atom. The molecule has 5 heteroatoms. The van der Waals surface area contributed by atoms with Crippen LogP contribution in [0.5, 0.6) is 5.75 Å². The molecular formula is C17H28N4O. The van der Waals surface area contributed by atoms with Crippen LogP contribution in [0.4, 0.5) is 11.5 Å². The van der Waals surface area contributed by atoms with Crippen molar-refractivity contribution in [1.82, 2.24) is 15.0 Å². The van der Waals surface area contributed by atoms with Crippen LogP contribution in [0.25, 0.3) is 0 Å². The maximum Gasteiger partial charge on any atom is 0.180 e. The fourth-order valence-electron chi connectivity index (χ4n) is 1.50. The van der Waals surface area contributed by atoms with Crippen molar-refractivity contribution in [2.45, 2.75) is 54.9 Å². The predicted molar refractivity (Wildman–Crippen MR) is 92.7 cm³/mol. The van der Waals surface area contributed by atoms with E-state index in [1.54, 1.807) is 6.92 Å². The summed E-state index contributed by atoms with van der Waals surface area (Å²) in [5.74, 6) is 0.457. The average molecular weight is 304 g/mol. The minimum Gasteiger partial charge on any atom is -0.503 e. The second kappa shape index (κ2) is 10.5. The van der Waals surface area contributed by atoms with Crippen molar-refractivity contribution < 1.29 is 5.11 Å². The molecule has 0 aliphatic heterocycles. The maximum atomic E-state index is 9.80. The minimum absolute atomic E-state index is 0.0625. The predicted octanol–water partition coefficient (Wildman–Crippen LogP) is 4.69. The Morgan fingerprint density at radius 3 is 2.14 bits per heavy atom. The number of aromatic nitrogens is 3. The van der Waals surface area contributed by atoms with Crippen LogP contribution >= 0.6 is 0 Å². The summed E-state index contributed by atoms with van der Waals surface area (Å²) in [6.45, 7) is 13.8. The highest BCUT2D eigenvalue weighted by Crippen LogP contribution is 2.26. The van der Waals surface area contributed by atoms with E-state index in [9.17, 15) is 5.11 Å². The number of aryl methyl sites for hydroxylation is 3. The van der Waals surface area contributed by atoms with Gasteiger partial charge in [-0.15, -0.1) is 0 Å². The van der Waals surface area contributed by atoms with E-state index in [0.29, 0.717) is 11.5 Å². The van der Waals surface area contributed by atoms with Crippen molar-refractivity contribution in [3.63, 3.8) is 0 Å². The van der Waals surface area contributed by atoms with Gasteiger partial charge in [-0.1, -0.05) is 34.1 Å². The highest BCUT2D eigenvalue weighted by molar-refractivity contribution is 5.64. The lowest BCUT2D eigenvalue weighted by molar-refractivity contribution is 0.467. The molecular weight excluding hydrogens is 276 g/mol. The molecule has 0 radical (unpaired) electrons. The van der Waals surface area contributed by atoms with Gasteiger partial charge in [-0.2, -0.15) is 0 Å². The molecule has 2 rings (SSSR count). The maximum absolute atomic E-state index is 9.80. The third-order valence-electron chi connectivity index (χ3n) is 2.48. The number of pyridine rings is 1. The molecule has 5 nitrogen and oxygen atoms in total. The molecule has 2 aromatic heterocycles. The SMILES string of the molecule is CC.CCC.Cc1ccc(Nc2ncnc(C)c2O)c(C)n1. The van der Waals surface area contributed by atoms with E-state index in [2.05, 4.69) is 34.1 Å². The quantitative estimate of drug-likeness (QED) is 0.842. The van der Waals surface area contributed by atoms with Gasteiger partial charge in [-0.25, -0.2) is 9.97 Å². The molecule has 0 bridgehead atoms. The molecule has 2 heterocycles. The first-order valence-electron chi connectivity index (χ1n) is 7.71. The molecule has 22 heavy (non-hydrogen) atoms. The molecule has 0 aliphatic carbocycles. The van der Waals surface area contributed by atoms with E-state index in [1.165, 1.54) is 12.7 Å². The van der Waals surface area contributed by atoms with Gasteiger partial charge in [-0.3, -0.25) is 4.98 Å². The molecule has 2 aromatic rings. The summed E-state index contributed by atoms with van der Waals surface area (Å²) in [7, 11) is 0. The average Bonchev–Trinajstić information content (AvgIpc) is 2.49. The van der Waals surface area contributed by atoms with Crippen molar-refractivity contribution in [3.8, 4) is 5.75 Å². The normalized spacial score (nSPS) is 9.05. The van der Waals surface area contributed by atoms with Crippen LogP contribution in [0.1, 0.15) is 51.2 Å². The van der Waals surface area contributed by atoms with Crippen LogP contribution in [0.3, 0.4) is 0 Å². The van der Waals surface area contributed by atoms with Crippen LogP contribution < -0.4 is 5.32 Å². The fourth-order valence-corrected chi connectivity index (χ4v) is 1.50. The van der Waals surface area contributed by atoms with Crippen LogP contribution in [0.15, 0.2) is 18.5 Å². The van der Waals surface area contributed by atoms with Crippen LogP contribution in [0, 0.1) is 20.8 Å². The summed E-state index contributed by atoms with van der Waals surface area (Å²) in [4.78, 5) is 12.2. The van der Waals surface area contributed by atoms with Crippen molar-refractivity contribution >= 4 is 11.5 Å². The molecule has 2 N–H and O–H groups in total. The second-order valence-electron chi connectivity index (χ2n) is 4.57. The standard InChI is InChI=1S/C12H14N4O.C3H8.C2H6/c1-7-4-5-10(8(2)15-7)16-12-11(17)9(3)13-6-14-12;1-3-2;1-2/h4-6,17H,1-3H3,(H,13,14,16);3H2,1-2H3;1-2H3. The number of anilines is 2. The summed E-state index contributed by atoms with van der Waals surface area (Å²) in [5, 5.41) is 12.8. The number of hydrogen-bond donors (Lipinski definition) is 2. The Bertz CT molecular complexity index is 571. The molecule has 0 amide bonds. The minimum atomic E-state index is 0.0625. The van der Waals surface area contributed by atoms with Gasteiger partial charge < -0.3 is 10.4 Å². The highest BCUT2D eigenvalue weighted by atomic mass is 16.3. The monoisotopic (exact) mass is 304 g/mol. The summed E-state index contributed by atoms with van der Waals surface area (Å²) in [5.41, 5.74) is 3.18. The largest absolute Gasteiger partial charge is 0.503 e. The molecule has 122 valence electrons. The van der Waals surface area contributed by atoms with Crippen molar-refractivity contribution in [2.24, 2.45) is 0 Å². The second-order valence-corrected chi connectivity index (χ2v) is 4.57. The lowest BCUT2D eigenvalue weighted by atomic mass is 10.2. The zero-order valence-corrected chi connectivity index (χ0v) is 14.7. The Labute approximate surface area is 133 Å². The van der Waals surface area contributed by atoms with Gasteiger partial charge in [0.15, 0.2) is 11.6 Å². The number of rotatable bonds is 2. The lowest BCUT2D eigenvalue weighted by Gasteiger charge is -2.10. The van der Waals surface area contributed by atoms with Crippen molar-refractivity contribution in [1.29, 1.82) is 0 Å². The number of hydrogen-bond acceptors (Lipinski definition) is 5. The molecule has 0 aliphatic rings. The van der Waals surface area contributed by atoms with Gasteiger partial charge in [0.2, 0.25) is 0 Å². The first kappa shape index (κ1) is 19.8. The van der Waals surface area contributed by atoms with E-state index in [-0.39, 0.29) is 5.75 Å². The molecule has 0 saturated carbocycles. The fraction of sp³-hybridized carbons (Fsp3) is 0.471. The summed E-state index contributed by atoms with van der Waals surface area (Å²) in [6, 6.07) is 3.81. The molecule has 0 unspecified atom stereocenters. The Balaban J connectivity index is 0.000000789. The van der Waals surface area contributed by atoms with Gasteiger partial charge in [-0.05, 0) is 32.9 Å². The number of nitrogens with one attached hydrogen (secondary N) is 1. The third-order valence-corrected chi connectivity index (χ3v) is 2.48. The van der Waals surface area contributed by atoms with Gasteiger partial charge in [0, 0.05) is 5.69 Å². The summed E-state index contributed by atoms with van der Waals surface area (Å²) >= 11 is 0. The number of nitrogens with zero attached hydrogens (tertiary/aromatic N) is 3. The molecule has 0 fully saturated rings. The van der Waals surface area contributed by atoms with Gasteiger partial charge >= 0.3 is 0 Å². The first-order chi connectivity index (χ1) is 10.5.